The molecule has 0 saturated carbocycles. The number of hydrogen-bond acceptors (Lipinski definition) is 4. The highest BCUT2D eigenvalue weighted by molar-refractivity contribution is 7.93. The Hall–Kier alpha value is -1.56. The normalized spacial score (nSPS) is 15.1. The van der Waals surface area contributed by atoms with Crippen molar-refractivity contribution < 1.29 is 4.21 Å². The van der Waals surface area contributed by atoms with Crippen molar-refractivity contribution in [2.24, 2.45) is 4.36 Å². The summed E-state index contributed by atoms with van der Waals surface area (Å²) in [6, 6.07) is 3.27. The van der Waals surface area contributed by atoms with Crippen molar-refractivity contribution in [1.29, 1.82) is 5.26 Å². The molecule has 0 aliphatic heterocycles. The number of nitrogens with zero attached hydrogens (tertiary/aromatic N) is 3. The van der Waals surface area contributed by atoms with E-state index in [0.717, 1.165) is 0 Å². The van der Waals surface area contributed by atoms with E-state index in [4.69, 9.17) is 23.3 Å². The lowest BCUT2D eigenvalue weighted by Crippen LogP contribution is -2.11. The van der Waals surface area contributed by atoms with Gasteiger partial charge in [0.2, 0.25) is 6.19 Å². The summed E-state index contributed by atoms with van der Waals surface area (Å²) in [5.74, 6) is 2.44. The third-order valence-electron chi connectivity index (χ3n) is 2.18. The van der Waals surface area contributed by atoms with Gasteiger partial charge in [-0.25, -0.2) is 9.19 Å². The van der Waals surface area contributed by atoms with Crippen LogP contribution in [0.5, 0.6) is 0 Å². The average Bonchev–Trinajstić information content (AvgIpc) is 2.27. The van der Waals surface area contributed by atoms with Crippen LogP contribution < -0.4 is 0 Å². The summed E-state index contributed by atoms with van der Waals surface area (Å²) in [4.78, 5) is 3.90. The highest BCUT2D eigenvalue weighted by Crippen LogP contribution is 2.26. The van der Waals surface area contributed by atoms with E-state index >= 15 is 0 Å². The summed E-state index contributed by atoms with van der Waals surface area (Å²) < 4.78 is 15.7. The molecule has 88 valence electrons. The van der Waals surface area contributed by atoms with Gasteiger partial charge in [-0.2, -0.15) is 5.26 Å². The van der Waals surface area contributed by atoms with E-state index in [1.165, 1.54) is 12.5 Å². The molecule has 0 N–H and O–H groups in total. The molecule has 1 heterocycles. The Kier molecular flexibility index (Phi) is 4.51. The van der Waals surface area contributed by atoms with E-state index in [-0.39, 0.29) is 6.42 Å². The molecule has 0 radical (unpaired) electrons. The van der Waals surface area contributed by atoms with Gasteiger partial charge in [-0.15, -0.1) is 16.7 Å². The molecule has 0 spiro atoms. The van der Waals surface area contributed by atoms with Crippen molar-refractivity contribution in [3.63, 3.8) is 0 Å². The van der Waals surface area contributed by atoms with E-state index < -0.39 is 15.0 Å². The van der Waals surface area contributed by atoms with Gasteiger partial charge in [0, 0.05) is 18.9 Å². The van der Waals surface area contributed by atoms with Crippen LogP contribution >= 0.6 is 11.6 Å². The second kappa shape index (κ2) is 5.67. The molecule has 1 rings (SSSR count). The number of rotatable bonds is 3. The van der Waals surface area contributed by atoms with Crippen LogP contribution in [0.3, 0.4) is 0 Å². The number of hydrogen-bond donors (Lipinski definition) is 0. The summed E-state index contributed by atoms with van der Waals surface area (Å²) in [6.07, 6.45) is 9.94. The van der Waals surface area contributed by atoms with Crippen LogP contribution in [-0.2, 0) is 9.73 Å². The Morgan fingerprint density at radius 3 is 2.88 bits per heavy atom. The van der Waals surface area contributed by atoms with Gasteiger partial charge in [0.15, 0.2) is 0 Å². The van der Waals surface area contributed by atoms with E-state index in [9.17, 15) is 4.21 Å². The summed E-state index contributed by atoms with van der Waals surface area (Å²) in [7, 11) is -2.71. The van der Waals surface area contributed by atoms with Crippen LogP contribution in [-0.4, -0.2) is 15.4 Å². The van der Waals surface area contributed by atoms with E-state index in [1.54, 1.807) is 18.3 Å². The molecule has 1 aromatic heterocycles. The molecular formula is C11H10ClN3OS. The second-order valence-corrected chi connectivity index (χ2v) is 6.22. The molecule has 0 aromatic carbocycles. The van der Waals surface area contributed by atoms with Gasteiger partial charge >= 0.3 is 0 Å². The van der Waals surface area contributed by atoms with Gasteiger partial charge in [0.25, 0.3) is 0 Å². The topological polar surface area (TPSA) is 66.1 Å². The molecular weight excluding hydrogens is 258 g/mol. The lowest BCUT2D eigenvalue weighted by Gasteiger charge is -2.15. The first kappa shape index (κ1) is 13.5. The lowest BCUT2D eigenvalue weighted by atomic mass is 10.1. The standard InChI is InChI=1S/C11H10ClN3OS/c1-3-4-10(17(2,16)15-8-13)9-5-6-11(12)14-7-9/h1,5-7,10H,4H2,2H3. The molecule has 0 fully saturated rings. The third kappa shape index (κ3) is 3.45. The summed E-state index contributed by atoms with van der Waals surface area (Å²) in [5.41, 5.74) is 0.666. The molecule has 6 heteroatoms. The zero-order valence-corrected chi connectivity index (χ0v) is 10.7. The zero-order chi connectivity index (χ0) is 12.9. The summed E-state index contributed by atoms with van der Waals surface area (Å²) in [5, 5.41) is 8.35. The van der Waals surface area contributed by atoms with Crippen molar-refractivity contribution in [3.8, 4) is 18.5 Å². The minimum atomic E-state index is -2.71. The molecule has 4 nitrogen and oxygen atoms in total. The SMILES string of the molecule is C#CCC(c1ccc(Cl)nc1)S(C)(=O)=NC#N. The summed E-state index contributed by atoms with van der Waals surface area (Å²) in [6.45, 7) is 0. The first-order valence-corrected chi connectivity index (χ1v) is 7.01. The Balaban J connectivity index is 3.26. The van der Waals surface area contributed by atoms with Crippen molar-refractivity contribution >= 4 is 21.3 Å². The van der Waals surface area contributed by atoms with Crippen molar-refractivity contribution in [3.05, 3.63) is 29.0 Å². The quantitative estimate of drug-likeness (QED) is 0.480. The van der Waals surface area contributed by atoms with Gasteiger partial charge < -0.3 is 0 Å². The predicted octanol–water partition coefficient (Wildman–Crippen LogP) is 2.38. The number of terminal acetylenes is 1. The minimum absolute atomic E-state index is 0.226. The van der Waals surface area contributed by atoms with Crippen molar-refractivity contribution in [2.75, 3.05) is 6.26 Å². The minimum Gasteiger partial charge on any atom is -0.248 e. The third-order valence-corrected chi connectivity index (χ3v) is 4.34. The number of pyridine rings is 1. The van der Waals surface area contributed by atoms with Crippen LogP contribution in [0.2, 0.25) is 5.15 Å². The maximum Gasteiger partial charge on any atom is 0.214 e. The van der Waals surface area contributed by atoms with Gasteiger partial charge in [-0.3, -0.25) is 0 Å². The number of halogens is 1. The Labute approximate surface area is 106 Å². The molecule has 0 saturated heterocycles. The second-order valence-electron chi connectivity index (χ2n) is 3.36. The smallest absolute Gasteiger partial charge is 0.214 e. The molecule has 0 aliphatic carbocycles. The first-order valence-electron chi connectivity index (χ1n) is 4.65. The molecule has 2 atom stereocenters. The van der Waals surface area contributed by atoms with Gasteiger partial charge in [0.05, 0.1) is 15.0 Å². The molecule has 0 bridgehead atoms. The molecule has 0 aliphatic rings. The molecule has 1 aromatic rings. The maximum atomic E-state index is 12.2. The fraction of sp³-hybridized carbons (Fsp3) is 0.273. The Morgan fingerprint density at radius 1 is 1.71 bits per heavy atom. The lowest BCUT2D eigenvalue weighted by molar-refractivity contribution is 0.670. The molecule has 0 amide bonds. The van der Waals surface area contributed by atoms with Crippen LogP contribution in [0.15, 0.2) is 22.7 Å². The van der Waals surface area contributed by atoms with Crippen LogP contribution in [0.25, 0.3) is 0 Å². The van der Waals surface area contributed by atoms with Crippen LogP contribution in [0.1, 0.15) is 17.2 Å². The van der Waals surface area contributed by atoms with Gasteiger partial charge in [-0.05, 0) is 11.6 Å². The molecule has 17 heavy (non-hydrogen) atoms. The highest BCUT2D eigenvalue weighted by Gasteiger charge is 2.21. The van der Waals surface area contributed by atoms with Crippen molar-refractivity contribution in [1.82, 2.24) is 4.98 Å². The van der Waals surface area contributed by atoms with E-state index in [1.807, 2.05) is 0 Å². The van der Waals surface area contributed by atoms with Crippen LogP contribution in [0, 0.1) is 23.8 Å². The fourth-order valence-electron chi connectivity index (χ4n) is 1.35. The highest BCUT2D eigenvalue weighted by atomic mass is 35.5. The first-order chi connectivity index (χ1) is 8.01. The summed E-state index contributed by atoms with van der Waals surface area (Å²) >= 11 is 5.67. The Bertz CT molecular complexity index is 589. The van der Waals surface area contributed by atoms with Gasteiger partial charge in [0.1, 0.15) is 5.15 Å². The van der Waals surface area contributed by atoms with Crippen molar-refractivity contribution in [2.45, 2.75) is 11.7 Å². The zero-order valence-electron chi connectivity index (χ0n) is 9.13. The van der Waals surface area contributed by atoms with E-state index in [2.05, 4.69) is 15.3 Å². The number of nitriles is 1. The van der Waals surface area contributed by atoms with E-state index in [0.29, 0.717) is 10.7 Å². The monoisotopic (exact) mass is 267 g/mol. The predicted molar refractivity (Wildman–Crippen MR) is 67.5 cm³/mol. The number of aromatic nitrogens is 1. The Morgan fingerprint density at radius 2 is 2.41 bits per heavy atom. The average molecular weight is 268 g/mol. The molecule has 2 unspecified atom stereocenters. The largest absolute Gasteiger partial charge is 0.248 e. The maximum absolute atomic E-state index is 12.2. The van der Waals surface area contributed by atoms with Crippen LogP contribution in [0.4, 0.5) is 0 Å². The fourth-order valence-corrected chi connectivity index (χ4v) is 2.81. The van der Waals surface area contributed by atoms with Gasteiger partial charge in [-0.1, -0.05) is 17.7 Å².